The number of pyridine rings is 1. The summed E-state index contributed by atoms with van der Waals surface area (Å²) in [6.07, 6.45) is 6.16. The van der Waals surface area contributed by atoms with E-state index in [1.807, 2.05) is 12.1 Å². The molecule has 2 heterocycles. The van der Waals surface area contributed by atoms with Crippen LogP contribution in [-0.2, 0) is 10.3 Å². The third kappa shape index (κ3) is 3.79. The molecule has 1 aliphatic heterocycles. The summed E-state index contributed by atoms with van der Waals surface area (Å²) in [5, 5.41) is 3.91. The molecule has 0 radical (unpaired) electrons. The van der Waals surface area contributed by atoms with Gasteiger partial charge in [0.25, 0.3) is 0 Å². The van der Waals surface area contributed by atoms with Crippen molar-refractivity contribution in [3.63, 3.8) is 0 Å². The number of piperidine rings is 1. The van der Waals surface area contributed by atoms with E-state index in [2.05, 4.69) is 15.2 Å². The number of amides is 1. The molecule has 1 N–H and O–H groups in total. The van der Waals surface area contributed by atoms with Crippen molar-refractivity contribution in [1.29, 1.82) is 0 Å². The largest absolute Gasteiger partial charge is 0.357 e. The van der Waals surface area contributed by atoms with Crippen molar-refractivity contribution in [1.82, 2.24) is 10.3 Å². The van der Waals surface area contributed by atoms with Gasteiger partial charge in [-0.15, -0.1) is 0 Å². The number of halogens is 2. The number of rotatable bonds is 4. The summed E-state index contributed by atoms with van der Waals surface area (Å²) in [5.74, 6) is 0.775. The number of carbonyl (C=O) groups is 1. The van der Waals surface area contributed by atoms with Crippen molar-refractivity contribution in [3.05, 3.63) is 59.0 Å². The summed E-state index contributed by atoms with van der Waals surface area (Å²) in [4.78, 5) is 19.5. The first-order chi connectivity index (χ1) is 13.1. The number of benzene rings is 1. The normalized spacial score (nSPS) is 19.4. The van der Waals surface area contributed by atoms with E-state index in [1.165, 1.54) is 12.1 Å². The molecule has 0 spiro atoms. The lowest BCUT2D eigenvalue weighted by Crippen LogP contribution is -2.53. The Morgan fingerprint density at radius 3 is 2.41 bits per heavy atom. The predicted molar refractivity (Wildman–Crippen MR) is 104 cm³/mol. The molecule has 0 atom stereocenters. The first-order valence-electron chi connectivity index (χ1n) is 9.50. The SMILES string of the molecule is O=C(NC1(c2ccc(F)cc2)CCC1)C1CCN(c2ccc(Cl)cn2)CC1. The highest BCUT2D eigenvalue weighted by molar-refractivity contribution is 6.30. The molecule has 1 amide bonds. The molecular formula is C21H23ClFN3O. The van der Waals surface area contributed by atoms with Gasteiger partial charge in [-0.2, -0.15) is 0 Å². The van der Waals surface area contributed by atoms with Gasteiger partial charge >= 0.3 is 0 Å². The van der Waals surface area contributed by atoms with Crippen molar-refractivity contribution in [2.75, 3.05) is 18.0 Å². The fourth-order valence-electron chi connectivity index (χ4n) is 4.05. The number of hydrogen-bond acceptors (Lipinski definition) is 3. The van der Waals surface area contributed by atoms with Gasteiger partial charge in [0, 0.05) is 25.2 Å². The topological polar surface area (TPSA) is 45.2 Å². The third-order valence-electron chi connectivity index (χ3n) is 5.87. The average Bonchev–Trinajstić information content (AvgIpc) is 2.66. The quantitative estimate of drug-likeness (QED) is 0.851. The molecular weight excluding hydrogens is 365 g/mol. The minimum Gasteiger partial charge on any atom is -0.357 e. The Labute approximate surface area is 163 Å². The summed E-state index contributed by atoms with van der Waals surface area (Å²) in [5.41, 5.74) is 0.686. The molecule has 0 unspecified atom stereocenters. The molecule has 1 aliphatic carbocycles. The number of anilines is 1. The predicted octanol–water partition coefficient (Wildman–Crippen LogP) is 4.29. The van der Waals surface area contributed by atoms with E-state index in [-0.39, 0.29) is 23.2 Å². The van der Waals surface area contributed by atoms with Crippen LogP contribution in [0.25, 0.3) is 0 Å². The van der Waals surface area contributed by atoms with Gasteiger partial charge in [-0.1, -0.05) is 23.7 Å². The van der Waals surface area contributed by atoms with Crippen molar-refractivity contribution in [2.24, 2.45) is 5.92 Å². The van der Waals surface area contributed by atoms with E-state index in [9.17, 15) is 9.18 Å². The number of hydrogen-bond donors (Lipinski definition) is 1. The van der Waals surface area contributed by atoms with E-state index in [0.29, 0.717) is 5.02 Å². The van der Waals surface area contributed by atoms with Crippen LogP contribution >= 0.6 is 11.6 Å². The Morgan fingerprint density at radius 1 is 1.15 bits per heavy atom. The van der Waals surface area contributed by atoms with E-state index in [4.69, 9.17) is 11.6 Å². The van der Waals surface area contributed by atoms with Crippen LogP contribution < -0.4 is 10.2 Å². The smallest absolute Gasteiger partial charge is 0.223 e. The Hall–Kier alpha value is -2.14. The van der Waals surface area contributed by atoms with Crippen LogP contribution in [0, 0.1) is 11.7 Å². The molecule has 6 heteroatoms. The molecule has 4 nitrogen and oxygen atoms in total. The van der Waals surface area contributed by atoms with Crippen LogP contribution in [0.15, 0.2) is 42.6 Å². The summed E-state index contributed by atoms with van der Waals surface area (Å²) in [6, 6.07) is 10.3. The molecule has 2 aliphatic rings. The van der Waals surface area contributed by atoms with Gasteiger partial charge in [-0.25, -0.2) is 9.37 Å². The molecule has 1 saturated heterocycles. The Balaban J connectivity index is 1.37. The lowest BCUT2D eigenvalue weighted by Gasteiger charge is -2.44. The van der Waals surface area contributed by atoms with Gasteiger partial charge in [0.1, 0.15) is 11.6 Å². The van der Waals surface area contributed by atoms with Crippen LogP contribution in [0.5, 0.6) is 0 Å². The van der Waals surface area contributed by atoms with Gasteiger partial charge in [0.15, 0.2) is 0 Å². The Kier molecular flexibility index (Phi) is 5.04. The van der Waals surface area contributed by atoms with Crippen molar-refractivity contribution < 1.29 is 9.18 Å². The summed E-state index contributed by atoms with van der Waals surface area (Å²) >= 11 is 5.90. The van der Waals surface area contributed by atoms with E-state index >= 15 is 0 Å². The van der Waals surface area contributed by atoms with Gasteiger partial charge in [-0.05, 0) is 61.9 Å². The number of nitrogens with zero attached hydrogens (tertiary/aromatic N) is 2. The lowest BCUT2D eigenvalue weighted by molar-refractivity contribution is -0.129. The summed E-state index contributed by atoms with van der Waals surface area (Å²) < 4.78 is 13.2. The molecule has 27 heavy (non-hydrogen) atoms. The molecule has 1 saturated carbocycles. The van der Waals surface area contributed by atoms with Crippen molar-refractivity contribution in [2.45, 2.75) is 37.6 Å². The maximum Gasteiger partial charge on any atom is 0.223 e. The highest BCUT2D eigenvalue weighted by Gasteiger charge is 2.41. The second kappa shape index (κ2) is 7.47. The molecule has 142 valence electrons. The van der Waals surface area contributed by atoms with Crippen molar-refractivity contribution in [3.8, 4) is 0 Å². The zero-order valence-corrected chi connectivity index (χ0v) is 15.9. The minimum atomic E-state index is -0.320. The van der Waals surface area contributed by atoms with Gasteiger partial charge in [-0.3, -0.25) is 4.79 Å². The summed E-state index contributed by atoms with van der Waals surface area (Å²) in [6.45, 7) is 1.60. The Bertz CT molecular complexity index is 797. The highest BCUT2D eigenvalue weighted by atomic mass is 35.5. The van der Waals surface area contributed by atoms with Gasteiger partial charge < -0.3 is 10.2 Å². The molecule has 1 aromatic heterocycles. The Morgan fingerprint density at radius 2 is 1.85 bits per heavy atom. The van der Waals surface area contributed by atoms with Crippen molar-refractivity contribution >= 4 is 23.3 Å². The number of carbonyl (C=O) groups excluding carboxylic acids is 1. The van der Waals surface area contributed by atoms with Crippen LogP contribution in [0.4, 0.5) is 10.2 Å². The standard InChI is InChI=1S/C21H23ClFN3O/c22-17-4-7-19(24-14-17)26-12-8-15(9-13-26)20(27)25-21(10-1-11-21)16-2-5-18(23)6-3-16/h2-7,14-15H,1,8-13H2,(H,25,27). The van der Waals surface area contributed by atoms with Crippen LogP contribution in [-0.4, -0.2) is 24.0 Å². The zero-order chi connectivity index (χ0) is 18.9. The average molecular weight is 388 g/mol. The second-order valence-corrected chi connectivity index (χ2v) is 7.96. The minimum absolute atomic E-state index is 0.00599. The monoisotopic (exact) mass is 387 g/mol. The van der Waals surface area contributed by atoms with Gasteiger partial charge in [0.2, 0.25) is 5.91 Å². The third-order valence-corrected chi connectivity index (χ3v) is 6.09. The van der Waals surface area contributed by atoms with Crippen LogP contribution in [0.3, 0.4) is 0 Å². The van der Waals surface area contributed by atoms with E-state index < -0.39 is 0 Å². The molecule has 2 fully saturated rings. The maximum absolute atomic E-state index is 13.2. The van der Waals surface area contributed by atoms with E-state index in [0.717, 1.165) is 56.6 Å². The first kappa shape index (κ1) is 18.2. The molecule has 4 rings (SSSR count). The maximum atomic E-state index is 13.2. The first-order valence-corrected chi connectivity index (χ1v) is 9.88. The fraction of sp³-hybridized carbons (Fsp3) is 0.429. The molecule has 1 aromatic carbocycles. The highest BCUT2D eigenvalue weighted by Crippen LogP contribution is 2.41. The lowest BCUT2D eigenvalue weighted by atomic mass is 9.71. The van der Waals surface area contributed by atoms with Crippen LogP contribution in [0.2, 0.25) is 5.02 Å². The molecule has 0 bridgehead atoms. The van der Waals surface area contributed by atoms with E-state index in [1.54, 1.807) is 18.3 Å². The molecule has 2 aromatic rings. The summed E-state index contributed by atoms with van der Waals surface area (Å²) in [7, 11) is 0. The second-order valence-electron chi connectivity index (χ2n) is 7.53. The fourth-order valence-corrected chi connectivity index (χ4v) is 4.16. The van der Waals surface area contributed by atoms with Crippen LogP contribution in [0.1, 0.15) is 37.7 Å². The number of aromatic nitrogens is 1. The number of nitrogens with one attached hydrogen (secondary N) is 1. The zero-order valence-electron chi connectivity index (χ0n) is 15.1. The van der Waals surface area contributed by atoms with Gasteiger partial charge in [0.05, 0.1) is 10.6 Å².